The number of nitrogens with one attached hydrogen (secondary N) is 1. The van der Waals surface area contributed by atoms with Crippen molar-refractivity contribution in [3.63, 3.8) is 0 Å². The second-order valence-corrected chi connectivity index (χ2v) is 5.08. The fourth-order valence-electron chi connectivity index (χ4n) is 1.98. The molecule has 0 saturated heterocycles. The summed E-state index contributed by atoms with van der Waals surface area (Å²) >= 11 is 12.0. The largest absolute Gasteiger partial charge is 0.377 e. The third-order valence-corrected chi connectivity index (χ3v) is 4.08. The number of hydrogen-bond acceptors (Lipinski definition) is 2. The van der Waals surface area contributed by atoms with Crippen LogP contribution in [0.15, 0.2) is 18.2 Å². The molecule has 2 nitrogen and oxygen atoms in total. The highest BCUT2D eigenvalue weighted by Gasteiger charge is 2.32. The van der Waals surface area contributed by atoms with E-state index in [0.717, 1.165) is 12.0 Å². The molecule has 2 unspecified atom stereocenters. The number of rotatable bonds is 5. The van der Waals surface area contributed by atoms with Gasteiger partial charge < -0.3 is 10.1 Å². The lowest BCUT2D eigenvalue weighted by Gasteiger charge is -2.36. The Morgan fingerprint density at radius 3 is 2.41 bits per heavy atom. The molecule has 2 atom stereocenters. The predicted octanol–water partition coefficient (Wildman–Crippen LogP) is 4.07. The van der Waals surface area contributed by atoms with Gasteiger partial charge in [0, 0.05) is 7.11 Å². The van der Waals surface area contributed by atoms with E-state index >= 15 is 0 Å². The molecule has 0 amide bonds. The molecule has 1 aromatic carbocycles. The van der Waals surface area contributed by atoms with E-state index < -0.39 is 0 Å². The van der Waals surface area contributed by atoms with Crippen LogP contribution in [-0.2, 0) is 4.74 Å². The van der Waals surface area contributed by atoms with Crippen molar-refractivity contribution in [2.75, 3.05) is 14.2 Å². The monoisotopic (exact) mass is 275 g/mol. The summed E-state index contributed by atoms with van der Waals surface area (Å²) in [6.45, 7) is 4.18. The second-order valence-electron chi connectivity index (χ2n) is 4.27. The lowest BCUT2D eigenvalue weighted by Crippen LogP contribution is -2.41. The van der Waals surface area contributed by atoms with Gasteiger partial charge in [0.1, 0.15) is 0 Å². The molecular formula is C13H19Cl2NO. The fraction of sp³-hybridized carbons (Fsp3) is 0.538. The van der Waals surface area contributed by atoms with Gasteiger partial charge in [-0.15, -0.1) is 0 Å². The highest BCUT2D eigenvalue weighted by molar-refractivity contribution is 6.42. The summed E-state index contributed by atoms with van der Waals surface area (Å²) in [5.41, 5.74) is 0.805. The Kier molecular flexibility index (Phi) is 5.26. The van der Waals surface area contributed by atoms with E-state index in [1.807, 2.05) is 25.2 Å². The molecule has 1 rings (SSSR count). The van der Waals surface area contributed by atoms with E-state index in [2.05, 4.69) is 19.2 Å². The quantitative estimate of drug-likeness (QED) is 0.875. The Bertz CT molecular complexity index is 378. The molecule has 0 radical (unpaired) electrons. The Balaban J connectivity index is 3.13. The summed E-state index contributed by atoms with van der Waals surface area (Å²) in [7, 11) is 3.64. The Labute approximate surface area is 113 Å². The van der Waals surface area contributed by atoms with E-state index in [9.17, 15) is 0 Å². The molecule has 4 heteroatoms. The summed E-state index contributed by atoms with van der Waals surface area (Å²) in [4.78, 5) is 0. The number of benzene rings is 1. The van der Waals surface area contributed by atoms with Crippen LogP contribution in [0.3, 0.4) is 0 Å². The van der Waals surface area contributed by atoms with Crippen LogP contribution in [0.4, 0.5) is 0 Å². The van der Waals surface area contributed by atoms with Crippen LogP contribution in [0.25, 0.3) is 0 Å². The standard InChI is InChI=1S/C13H19Cl2NO/c1-5-13(2,17-4)12(16-3)9-6-7-10(14)11(15)8-9/h6-8,12,16H,5H2,1-4H3. The van der Waals surface area contributed by atoms with Gasteiger partial charge in [-0.3, -0.25) is 0 Å². The first-order valence-electron chi connectivity index (χ1n) is 5.66. The average molecular weight is 276 g/mol. The summed E-state index contributed by atoms with van der Waals surface area (Å²) in [6, 6.07) is 5.75. The van der Waals surface area contributed by atoms with Crippen molar-refractivity contribution in [2.24, 2.45) is 0 Å². The van der Waals surface area contributed by atoms with E-state index in [1.54, 1.807) is 7.11 Å². The van der Waals surface area contributed by atoms with E-state index in [-0.39, 0.29) is 11.6 Å². The van der Waals surface area contributed by atoms with Crippen LogP contribution in [0.5, 0.6) is 0 Å². The molecule has 0 fully saturated rings. The Hall–Kier alpha value is -0.280. The zero-order valence-electron chi connectivity index (χ0n) is 10.7. The molecule has 17 heavy (non-hydrogen) atoms. The maximum absolute atomic E-state index is 6.05. The van der Waals surface area contributed by atoms with Crippen LogP contribution >= 0.6 is 23.2 Å². The first-order valence-corrected chi connectivity index (χ1v) is 6.41. The van der Waals surface area contributed by atoms with Crippen LogP contribution in [0.1, 0.15) is 31.9 Å². The molecule has 0 spiro atoms. The summed E-state index contributed by atoms with van der Waals surface area (Å²) < 4.78 is 5.63. The second kappa shape index (κ2) is 6.05. The fourth-order valence-corrected chi connectivity index (χ4v) is 2.29. The van der Waals surface area contributed by atoms with Gasteiger partial charge in [-0.1, -0.05) is 36.2 Å². The number of likely N-dealkylation sites (N-methyl/N-ethyl adjacent to an activating group) is 1. The normalized spacial score (nSPS) is 16.6. The van der Waals surface area contributed by atoms with Gasteiger partial charge >= 0.3 is 0 Å². The molecule has 0 saturated carbocycles. The third kappa shape index (κ3) is 3.14. The molecule has 0 aliphatic heterocycles. The number of methoxy groups -OCH3 is 1. The van der Waals surface area contributed by atoms with Crippen LogP contribution < -0.4 is 5.32 Å². The smallest absolute Gasteiger partial charge is 0.0841 e. The molecule has 0 aliphatic rings. The summed E-state index contributed by atoms with van der Waals surface area (Å²) in [5, 5.41) is 4.42. The molecule has 0 heterocycles. The molecule has 1 N–H and O–H groups in total. The minimum absolute atomic E-state index is 0.0762. The maximum atomic E-state index is 6.05. The topological polar surface area (TPSA) is 21.3 Å². The Morgan fingerprint density at radius 2 is 2.00 bits per heavy atom. The minimum atomic E-state index is -0.272. The predicted molar refractivity (Wildman–Crippen MR) is 74.0 cm³/mol. The molecule has 96 valence electrons. The van der Waals surface area contributed by atoms with Crippen molar-refractivity contribution in [2.45, 2.75) is 31.9 Å². The van der Waals surface area contributed by atoms with E-state index in [1.165, 1.54) is 0 Å². The first kappa shape index (κ1) is 14.8. The molecular weight excluding hydrogens is 257 g/mol. The molecule has 1 aromatic rings. The van der Waals surface area contributed by atoms with Gasteiger partial charge in [-0.05, 0) is 38.1 Å². The highest BCUT2D eigenvalue weighted by atomic mass is 35.5. The van der Waals surface area contributed by atoms with Gasteiger partial charge in [-0.25, -0.2) is 0 Å². The van der Waals surface area contributed by atoms with Gasteiger partial charge in [0.05, 0.1) is 21.7 Å². The Morgan fingerprint density at radius 1 is 1.35 bits per heavy atom. The van der Waals surface area contributed by atoms with E-state index in [4.69, 9.17) is 27.9 Å². The van der Waals surface area contributed by atoms with Crippen LogP contribution in [-0.4, -0.2) is 19.8 Å². The SMILES string of the molecule is CCC(C)(OC)C(NC)c1ccc(Cl)c(Cl)c1. The number of ether oxygens (including phenoxy) is 1. The van der Waals surface area contributed by atoms with Gasteiger partial charge in [0.2, 0.25) is 0 Å². The lowest BCUT2D eigenvalue weighted by molar-refractivity contribution is -0.0280. The average Bonchev–Trinajstić information content (AvgIpc) is 2.34. The zero-order chi connectivity index (χ0) is 13.1. The van der Waals surface area contributed by atoms with Crippen molar-refractivity contribution in [1.82, 2.24) is 5.32 Å². The summed E-state index contributed by atoms with van der Waals surface area (Å²) in [6.07, 6.45) is 0.898. The summed E-state index contributed by atoms with van der Waals surface area (Å²) in [5.74, 6) is 0. The number of hydrogen-bond donors (Lipinski definition) is 1. The molecule has 0 aromatic heterocycles. The van der Waals surface area contributed by atoms with Crippen molar-refractivity contribution in [3.8, 4) is 0 Å². The van der Waals surface area contributed by atoms with Crippen LogP contribution in [0.2, 0.25) is 10.0 Å². The van der Waals surface area contributed by atoms with Crippen LogP contribution in [0, 0.1) is 0 Å². The van der Waals surface area contributed by atoms with Crippen molar-refractivity contribution < 1.29 is 4.74 Å². The molecule has 0 aliphatic carbocycles. The lowest BCUT2D eigenvalue weighted by atomic mass is 9.88. The van der Waals surface area contributed by atoms with Gasteiger partial charge in [-0.2, -0.15) is 0 Å². The molecule has 0 bridgehead atoms. The van der Waals surface area contributed by atoms with Gasteiger partial charge in [0.25, 0.3) is 0 Å². The first-order chi connectivity index (χ1) is 7.98. The zero-order valence-corrected chi connectivity index (χ0v) is 12.2. The van der Waals surface area contributed by atoms with E-state index in [0.29, 0.717) is 10.0 Å². The third-order valence-electron chi connectivity index (χ3n) is 3.34. The van der Waals surface area contributed by atoms with Crippen molar-refractivity contribution in [3.05, 3.63) is 33.8 Å². The highest BCUT2D eigenvalue weighted by Crippen LogP contribution is 2.34. The van der Waals surface area contributed by atoms with Crippen molar-refractivity contribution >= 4 is 23.2 Å². The minimum Gasteiger partial charge on any atom is -0.377 e. The van der Waals surface area contributed by atoms with Crippen molar-refractivity contribution in [1.29, 1.82) is 0 Å². The maximum Gasteiger partial charge on any atom is 0.0841 e. The number of halogens is 2. The van der Waals surface area contributed by atoms with Gasteiger partial charge in [0.15, 0.2) is 0 Å².